The van der Waals surface area contributed by atoms with E-state index in [1.807, 2.05) is 0 Å². The summed E-state index contributed by atoms with van der Waals surface area (Å²) in [6, 6.07) is 2.36. The highest BCUT2D eigenvalue weighted by Gasteiger charge is 2.35. The van der Waals surface area contributed by atoms with Gasteiger partial charge in [-0.15, -0.1) is 0 Å². The van der Waals surface area contributed by atoms with Crippen LogP contribution in [-0.2, 0) is 4.74 Å². The van der Waals surface area contributed by atoms with Crippen LogP contribution in [0.2, 0.25) is 0 Å². The third-order valence-corrected chi connectivity index (χ3v) is 4.71. The van der Waals surface area contributed by atoms with Crippen LogP contribution >= 0.6 is 0 Å². The molecule has 3 fully saturated rings. The minimum Gasteiger partial charge on any atom is -0.381 e. The van der Waals surface area contributed by atoms with Gasteiger partial charge in [-0.2, -0.15) is 0 Å². The topological polar surface area (TPSA) is 24.5 Å². The zero-order chi connectivity index (χ0) is 11.7. The molecule has 0 aromatic heterocycles. The van der Waals surface area contributed by atoms with Gasteiger partial charge in [-0.1, -0.05) is 6.92 Å². The summed E-state index contributed by atoms with van der Waals surface area (Å²) in [5.41, 5.74) is 0. The highest BCUT2D eigenvalue weighted by molar-refractivity contribution is 4.93. The Morgan fingerprint density at radius 1 is 1.29 bits per heavy atom. The smallest absolute Gasteiger partial charge is 0.0510 e. The van der Waals surface area contributed by atoms with Crippen LogP contribution in [0.25, 0.3) is 0 Å². The Morgan fingerprint density at radius 2 is 2.18 bits per heavy atom. The van der Waals surface area contributed by atoms with Crippen LogP contribution in [0.3, 0.4) is 0 Å². The molecule has 1 saturated carbocycles. The molecule has 0 unspecified atom stereocenters. The van der Waals surface area contributed by atoms with Crippen molar-refractivity contribution in [1.82, 2.24) is 10.2 Å². The SMILES string of the molecule is CC[C@H](N[C@@H]1CCN(C2CC2)C1)[C@H]1CCOC1. The van der Waals surface area contributed by atoms with Gasteiger partial charge in [0.2, 0.25) is 0 Å². The summed E-state index contributed by atoms with van der Waals surface area (Å²) < 4.78 is 5.52. The van der Waals surface area contributed by atoms with Gasteiger partial charge in [0.1, 0.15) is 0 Å². The number of ether oxygens (including phenoxy) is 1. The summed E-state index contributed by atoms with van der Waals surface area (Å²) >= 11 is 0. The van der Waals surface area contributed by atoms with Gasteiger partial charge in [-0.3, -0.25) is 4.90 Å². The van der Waals surface area contributed by atoms with Crippen molar-refractivity contribution in [2.45, 2.75) is 57.2 Å². The van der Waals surface area contributed by atoms with Gasteiger partial charge in [0.25, 0.3) is 0 Å². The molecular weight excluding hydrogens is 212 g/mol. The van der Waals surface area contributed by atoms with Gasteiger partial charge in [0.05, 0.1) is 6.61 Å². The van der Waals surface area contributed by atoms with Crippen LogP contribution in [0.4, 0.5) is 0 Å². The number of nitrogens with one attached hydrogen (secondary N) is 1. The molecule has 2 aliphatic heterocycles. The highest BCUT2D eigenvalue weighted by Crippen LogP contribution is 2.30. The van der Waals surface area contributed by atoms with Gasteiger partial charge in [0.15, 0.2) is 0 Å². The second-order valence-electron chi connectivity index (χ2n) is 6.02. The van der Waals surface area contributed by atoms with Crippen molar-refractivity contribution >= 4 is 0 Å². The average molecular weight is 238 g/mol. The van der Waals surface area contributed by atoms with Crippen molar-refractivity contribution in [2.24, 2.45) is 5.92 Å². The predicted molar refractivity (Wildman–Crippen MR) is 69.1 cm³/mol. The molecule has 0 spiro atoms. The Hall–Kier alpha value is -0.120. The molecule has 2 heterocycles. The van der Waals surface area contributed by atoms with Crippen molar-refractivity contribution in [3.8, 4) is 0 Å². The number of hydrogen-bond donors (Lipinski definition) is 1. The van der Waals surface area contributed by atoms with Gasteiger partial charge in [-0.05, 0) is 38.0 Å². The zero-order valence-electron chi connectivity index (χ0n) is 11.0. The molecule has 0 radical (unpaired) electrons. The first kappa shape index (κ1) is 11.9. The van der Waals surface area contributed by atoms with E-state index in [9.17, 15) is 0 Å². The summed E-state index contributed by atoms with van der Waals surface area (Å²) in [6.45, 7) is 6.87. The molecule has 3 nitrogen and oxygen atoms in total. The van der Waals surface area contributed by atoms with Gasteiger partial charge in [-0.25, -0.2) is 0 Å². The zero-order valence-corrected chi connectivity index (χ0v) is 11.0. The van der Waals surface area contributed by atoms with Crippen molar-refractivity contribution in [3.63, 3.8) is 0 Å². The molecular formula is C14H26N2O. The maximum Gasteiger partial charge on any atom is 0.0510 e. The fraction of sp³-hybridized carbons (Fsp3) is 1.00. The lowest BCUT2D eigenvalue weighted by atomic mass is 9.96. The second kappa shape index (κ2) is 5.25. The molecule has 1 N–H and O–H groups in total. The van der Waals surface area contributed by atoms with Crippen LogP contribution in [0, 0.1) is 5.92 Å². The van der Waals surface area contributed by atoms with E-state index in [0.717, 1.165) is 31.2 Å². The minimum absolute atomic E-state index is 0.682. The summed E-state index contributed by atoms with van der Waals surface area (Å²) in [4.78, 5) is 2.69. The normalized spacial score (nSPS) is 36.5. The van der Waals surface area contributed by atoms with Gasteiger partial charge in [0, 0.05) is 37.8 Å². The van der Waals surface area contributed by atoms with E-state index in [4.69, 9.17) is 4.74 Å². The molecule has 3 aliphatic rings. The molecule has 0 amide bonds. The van der Waals surface area contributed by atoms with Crippen molar-refractivity contribution in [3.05, 3.63) is 0 Å². The first-order valence-corrected chi connectivity index (χ1v) is 7.44. The van der Waals surface area contributed by atoms with Crippen LogP contribution < -0.4 is 5.32 Å². The maximum atomic E-state index is 5.52. The fourth-order valence-electron chi connectivity index (χ4n) is 3.45. The van der Waals surface area contributed by atoms with E-state index in [0.29, 0.717) is 6.04 Å². The molecule has 2 saturated heterocycles. The summed E-state index contributed by atoms with van der Waals surface area (Å²) in [6.07, 6.45) is 6.74. The minimum atomic E-state index is 0.682. The monoisotopic (exact) mass is 238 g/mol. The van der Waals surface area contributed by atoms with Crippen molar-refractivity contribution in [1.29, 1.82) is 0 Å². The summed E-state index contributed by atoms with van der Waals surface area (Å²) in [7, 11) is 0. The molecule has 0 bridgehead atoms. The van der Waals surface area contributed by atoms with Crippen molar-refractivity contribution in [2.75, 3.05) is 26.3 Å². The Morgan fingerprint density at radius 3 is 2.82 bits per heavy atom. The van der Waals surface area contributed by atoms with Gasteiger partial charge >= 0.3 is 0 Å². The molecule has 3 rings (SSSR count). The Balaban J connectivity index is 1.47. The van der Waals surface area contributed by atoms with Crippen LogP contribution in [0.5, 0.6) is 0 Å². The number of hydrogen-bond acceptors (Lipinski definition) is 3. The van der Waals surface area contributed by atoms with Crippen LogP contribution in [0.1, 0.15) is 39.0 Å². The molecule has 1 aliphatic carbocycles. The Labute approximate surface area is 105 Å². The first-order chi connectivity index (χ1) is 8.36. The Bertz CT molecular complexity index is 249. The van der Waals surface area contributed by atoms with E-state index >= 15 is 0 Å². The standard InChI is InChI=1S/C14H26N2O/c1-2-14(11-6-8-17-10-11)15-12-5-7-16(9-12)13-3-4-13/h11-15H,2-10H2,1H3/t11-,12+,14-/m0/s1. The molecule has 3 heteroatoms. The molecule has 0 aromatic carbocycles. The number of likely N-dealkylation sites (tertiary alicyclic amines) is 1. The van der Waals surface area contributed by atoms with Crippen LogP contribution in [-0.4, -0.2) is 49.3 Å². The molecule has 17 heavy (non-hydrogen) atoms. The predicted octanol–water partition coefficient (Wildman–Crippen LogP) is 1.63. The lowest BCUT2D eigenvalue weighted by molar-refractivity contribution is 0.173. The van der Waals surface area contributed by atoms with Crippen molar-refractivity contribution < 1.29 is 4.74 Å². The van der Waals surface area contributed by atoms with Crippen LogP contribution in [0.15, 0.2) is 0 Å². The number of nitrogens with zero attached hydrogens (tertiary/aromatic N) is 1. The lowest BCUT2D eigenvalue weighted by Gasteiger charge is -2.26. The van der Waals surface area contributed by atoms with E-state index in [1.165, 1.54) is 45.2 Å². The quantitative estimate of drug-likeness (QED) is 0.788. The molecule has 98 valence electrons. The molecule has 3 atom stereocenters. The van der Waals surface area contributed by atoms with E-state index in [1.54, 1.807) is 0 Å². The Kier molecular flexibility index (Phi) is 3.69. The first-order valence-electron chi connectivity index (χ1n) is 7.44. The van der Waals surface area contributed by atoms with Gasteiger partial charge < -0.3 is 10.1 Å². The lowest BCUT2D eigenvalue weighted by Crippen LogP contribution is -2.44. The third kappa shape index (κ3) is 2.83. The highest BCUT2D eigenvalue weighted by atomic mass is 16.5. The average Bonchev–Trinajstić information content (AvgIpc) is 2.89. The maximum absolute atomic E-state index is 5.52. The largest absolute Gasteiger partial charge is 0.381 e. The number of rotatable bonds is 5. The fourth-order valence-corrected chi connectivity index (χ4v) is 3.45. The van der Waals surface area contributed by atoms with E-state index in [2.05, 4.69) is 17.1 Å². The third-order valence-electron chi connectivity index (χ3n) is 4.71. The van der Waals surface area contributed by atoms with E-state index < -0.39 is 0 Å². The second-order valence-corrected chi connectivity index (χ2v) is 6.02. The summed E-state index contributed by atoms with van der Waals surface area (Å²) in [5.74, 6) is 0.759. The van der Waals surface area contributed by atoms with E-state index in [-0.39, 0.29) is 0 Å². The summed E-state index contributed by atoms with van der Waals surface area (Å²) in [5, 5.41) is 3.90. The molecule has 0 aromatic rings.